The van der Waals surface area contributed by atoms with E-state index in [-0.39, 0.29) is 43.4 Å². The topological polar surface area (TPSA) is 22.0 Å². The molecule has 0 aliphatic carbocycles. The van der Waals surface area contributed by atoms with E-state index in [1.165, 1.54) is 6.07 Å². The Morgan fingerprint density at radius 1 is 1.33 bits per heavy atom. The quantitative estimate of drug-likeness (QED) is 0.599. The van der Waals surface area contributed by atoms with Crippen molar-refractivity contribution in [2.45, 2.75) is 13.0 Å². The zero-order valence-corrected chi connectivity index (χ0v) is 16.4. The fourth-order valence-electron chi connectivity index (χ4n) is 1.72. The van der Waals surface area contributed by atoms with Crippen molar-refractivity contribution in [1.29, 1.82) is 0 Å². The van der Waals surface area contributed by atoms with Crippen molar-refractivity contribution in [3.63, 3.8) is 0 Å². The summed E-state index contributed by atoms with van der Waals surface area (Å²) in [4.78, 5) is 11.9. The number of nitrogens with zero attached hydrogens (tertiary/aromatic N) is 1. The Morgan fingerprint density at radius 2 is 2.00 bits per heavy atom. The predicted octanol–water partition coefficient (Wildman–Crippen LogP) is 4.65. The summed E-state index contributed by atoms with van der Waals surface area (Å²) in [5, 5.41) is 0.330. The largest absolute Gasteiger partial charge is 0.335 e. The van der Waals surface area contributed by atoms with Gasteiger partial charge in [0, 0.05) is 42.8 Å². The molecule has 0 atom stereocenters. The predicted molar refractivity (Wildman–Crippen MR) is 78.7 cm³/mol. The van der Waals surface area contributed by atoms with Gasteiger partial charge in [0.1, 0.15) is 0 Å². The summed E-state index contributed by atoms with van der Waals surface area (Å²) in [5.41, 5.74) is 0.0784. The summed E-state index contributed by atoms with van der Waals surface area (Å²) < 4.78 is 26.8. The molecule has 8 heteroatoms. The molecule has 109 valence electrons. The monoisotopic (exact) mass is 469 g/mol. The van der Waals surface area contributed by atoms with Crippen molar-refractivity contribution in [2.24, 2.45) is 0 Å². The van der Waals surface area contributed by atoms with E-state index in [0.29, 0.717) is 15.1 Å². The van der Waals surface area contributed by atoms with Gasteiger partial charge in [0.2, 0.25) is 5.56 Å². The van der Waals surface area contributed by atoms with Crippen LogP contribution in [-0.4, -0.2) is 11.0 Å². The molecule has 2 rings (SSSR count). The maximum Gasteiger partial charge on any atom is 0.256 e. The summed E-state index contributed by atoms with van der Waals surface area (Å²) in [5.74, 6) is 0. The molecule has 1 heterocycles. The Hall–Kier alpha value is 0.194. The Bertz CT molecular complexity index is 709. The number of pyridine rings is 1. The molecule has 1 aromatic heterocycles. The van der Waals surface area contributed by atoms with Crippen molar-refractivity contribution in [3.05, 3.63) is 55.2 Å². The molecule has 0 fully saturated rings. The number of halogens is 5. The minimum atomic E-state index is -2.68. The Labute approximate surface area is 163 Å². The van der Waals surface area contributed by atoms with Gasteiger partial charge in [-0.25, -0.2) is 8.78 Å². The molecule has 0 amide bonds. The van der Waals surface area contributed by atoms with Gasteiger partial charge in [-0.3, -0.25) is 4.79 Å². The van der Waals surface area contributed by atoms with Crippen LogP contribution < -0.4 is 5.56 Å². The SMILES string of the molecule is O=c1c(Cl)c[c-]c(-c2ccc(Cl)cc2Br)n1CC(F)F.[Y]. The fourth-order valence-corrected chi connectivity index (χ4v) is 2.75. The first-order valence-electron chi connectivity index (χ1n) is 5.44. The molecule has 0 saturated heterocycles. The number of rotatable bonds is 3. The van der Waals surface area contributed by atoms with E-state index in [2.05, 4.69) is 22.0 Å². The van der Waals surface area contributed by atoms with Gasteiger partial charge in [-0.15, -0.1) is 6.07 Å². The van der Waals surface area contributed by atoms with Gasteiger partial charge < -0.3 is 4.57 Å². The second-order valence-electron chi connectivity index (χ2n) is 3.92. The normalized spacial score (nSPS) is 10.6. The number of hydrogen-bond donors (Lipinski definition) is 0. The molecule has 0 aliphatic rings. The van der Waals surface area contributed by atoms with Crippen LogP contribution in [0.1, 0.15) is 0 Å². The van der Waals surface area contributed by atoms with Crippen LogP contribution in [0.25, 0.3) is 11.3 Å². The van der Waals surface area contributed by atoms with Crippen LogP contribution in [0, 0.1) is 6.07 Å². The van der Waals surface area contributed by atoms with Gasteiger partial charge in [-0.1, -0.05) is 44.9 Å². The van der Waals surface area contributed by atoms with Crippen molar-refractivity contribution in [1.82, 2.24) is 4.57 Å². The van der Waals surface area contributed by atoms with Gasteiger partial charge in [0.25, 0.3) is 6.43 Å². The zero-order valence-electron chi connectivity index (χ0n) is 10.4. The molecule has 0 spiro atoms. The minimum absolute atomic E-state index is 0. The molecule has 1 aromatic carbocycles. The third kappa shape index (κ3) is 4.58. The smallest absolute Gasteiger partial charge is 0.256 e. The Balaban J connectivity index is 0.00000220. The first-order chi connectivity index (χ1) is 9.40. The van der Waals surface area contributed by atoms with Crippen molar-refractivity contribution >= 4 is 39.1 Å². The van der Waals surface area contributed by atoms with Crippen LogP contribution in [0.4, 0.5) is 8.78 Å². The molecule has 21 heavy (non-hydrogen) atoms. The number of hydrogen-bond acceptors (Lipinski definition) is 1. The second kappa shape index (κ2) is 8.16. The van der Waals surface area contributed by atoms with Crippen molar-refractivity contribution in [2.75, 3.05) is 0 Å². The first-order valence-corrected chi connectivity index (χ1v) is 6.99. The van der Waals surface area contributed by atoms with Gasteiger partial charge in [0.05, 0.1) is 6.54 Å². The van der Waals surface area contributed by atoms with Crippen LogP contribution in [0.15, 0.2) is 33.5 Å². The standard InChI is InChI=1S/C13H7BrCl2F2NO.Y/c14-9-5-7(15)1-2-8(9)11-4-3-10(16)13(20)19(11)6-12(17)18;/h1-3,5,12H,6H2;/q-1;. The molecule has 0 bridgehead atoms. The van der Waals surface area contributed by atoms with Crippen LogP contribution in [0.3, 0.4) is 0 Å². The van der Waals surface area contributed by atoms with Crippen LogP contribution >= 0.6 is 39.1 Å². The number of alkyl halides is 2. The molecule has 0 aliphatic heterocycles. The second-order valence-corrected chi connectivity index (χ2v) is 5.61. The van der Waals surface area contributed by atoms with Gasteiger partial charge in [-0.05, 0) is 10.5 Å². The summed E-state index contributed by atoms with van der Waals surface area (Å²) in [6, 6.07) is 8.84. The molecule has 0 N–H and O–H groups in total. The van der Waals surface area contributed by atoms with Crippen LogP contribution in [0.5, 0.6) is 0 Å². The average molecular weight is 471 g/mol. The Morgan fingerprint density at radius 3 is 2.57 bits per heavy atom. The van der Waals surface area contributed by atoms with E-state index in [0.717, 1.165) is 4.57 Å². The maximum absolute atomic E-state index is 12.6. The summed E-state index contributed by atoms with van der Waals surface area (Å²) >= 11 is 14.8. The summed E-state index contributed by atoms with van der Waals surface area (Å²) in [6.45, 7) is -0.750. The van der Waals surface area contributed by atoms with Gasteiger partial charge in [0.15, 0.2) is 0 Å². The molecule has 2 nitrogen and oxygen atoms in total. The van der Waals surface area contributed by atoms with Crippen LogP contribution in [0.2, 0.25) is 10.0 Å². The molecular formula is C13H7BrCl2F2NOY-. The molecule has 0 saturated carbocycles. The van der Waals surface area contributed by atoms with Gasteiger partial charge in [-0.2, -0.15) is 23.7 Å². The van der Waals surface area contributed by atoms with E-state index in [1.807, 2.05) is 0 Å². The number of aromatic nitrogens is 1. The molecule has 0 unspecified atom stereocenters. The number of benzene rings is 1. The minimum Gasteiger partial charge on any atom is -0.335 e. The summed E-state index contributed by atoms with van der Waals surface area (Å²) in [6.07, 6.45) is -2.68. The average Bonchev–Trinajstić information content (AvgIpc) is 2.36. The Kier molecular flexibility index (Phi) is 7.48. The van der Waals surface area contributed by atoms with E-state index >= 15 is 0 Å². The molecule has 1 radical (unpaired) electrons. The van der Waals surface area contributed by atoms with Crippen molar-refractivity contribution in [3.8, 4) is 11.3 Å². The van der Waals surface area contributed by atoms with E-state index in [1.54, 1.807) is 18.2 Å². The van der Waals surface area contributed by atoms with E-state index < -0.39 is 18.5 Å². The van der Waals surface area contributed by atoms with E-state index in [9.17, 15) is 13.6 Å². The van der Waals surface area contributed by atoms with Crippen molar-refractivity contribution < 1.29 is 41.5 Å². The first kappa shape index (κ1) is 19.2. The van der Waals surface area contributed by atoms with Gasteiger partial charge >= 0.3 is 0 Å². The fraction of sp³-hybridized carbons (Fsp3) is 0.154. The maximum atomic E-state index is 12.6. The van der Waals surface area contributed by atoms with Crippen LogP contribution in [-0.2, 0) is 39.3 Å². The molecule has 2 aromatic rings. The third-order valence-electron chi connectivity index (χ3n) is 2.56. The zero-order chi connectivity index (χ0) is 14.9. The third-order valence-corrected chi connectivity index (χ3v) is 3.72. The van der Waals surface area contributed by atoms with E-state index in [4.69, 9.17) is 23.2 Å². The summed E-state index contributed by atoms with van der Waals surface area (Å²) in [7, 11) is 0. The molecular weight excluding hydrogens is 464 g/mol.